The number of nitrogens with one attached hydrogen (secondary N) is 2. The molecule has 0 aliphatic heterocycles. The smallest absolute Gasteiger partial charge is 0.338 e. The highest BCUT2D eigenvalue weighted by atomic mass is 16.5. The van der Waals surface area contributed by atoms with Gasteiger partial charge in [0.05, 0.1) is 12.2 Å². The summed E-state index contributed by atoms with van der Waals surface area (Å²) >= 11 is 0. The van der Waals surface area contributed by atoms with Crippen LogP contribution in [0.4, 0.5) is 0 Å². The Bertz CT molecular complexity index is 1120. The molecule has 3 aromatic carbocycles. The number of rotatable bonds is 8. The molecule has 0 unspecified atom stereocenters. The summed E-state index contributed by atoms with van der Waals surface area (Å²) in [6.07, 6.45) is 3.78. The molecular weight excluding hydrogens is 408 g/mol. The predicted octanol–water partition coefficient (Wildman–Crippen LogP) is 3.65. The van der Waals surface area contributed by atoms with Gasteiger partial charge in [-0.2, -0.15) is 0 Å². The Labute approximate surface area is 186 Å². The summed E-state index contributed by atoms with van der Waals surface area (Å²) in [4.78, 5) is 35.7. The van der Waals surface area contributed by atoms with E-state index in [2.05, 4.69) is 10.9 Å². The maximum atomic E-state index is 12.0. The van der Waals surface area contributed by atoms with Gasteiger partial charge in [-0.05, 0) is 53.1 Å². The fraction of sp³-hybridized carbons (Fsp3) is 0.160. The fourth-order valence-electron chi connectivity index (χ4n) is 2.88. The molecule has 3 aromatic rings. The average Bonchev–Trinajstić information content (AvgIpc) is 2.83. The summed E-state index contributed by atoms with van der Waals surface area (Å²) in [6, 6.07) is 20.0. The fourth-order valence-corrected chi connectivity index (χ4v) is 2.88. The van der Waals surface area contributed by atoms with Crippen LogP contribution in [0, 0.1) is 0 Å². The number of benzene rings is 3. The first kappa shape index (κ1) is 22.6. The zero-order valence-corrected chi connectivity index (χ0v) is 17.7. The monoisotopic (exact) mass is 432 g/mol. The lowest BCUT2D eigenvalue weighted by molar-refractivity contribution is -0.128. The standard InChI is InChI=1S/C25H24N2O5/c1-2-16-31-25(30)20-10-13-21(14-11-20)32-17-24(29)27-26-23(28)15-12-19-8-5-7-18-6-3-4-9-22(18)19/h3-15H,2,16-17H2,1H3,(H,26,28)(H,27,29). The van der Waals surface area contributed by atoms with E-state index in [0.29, 0.717) is 17.9 Å². The molecule has 2 amide bonds. The van der Waals surface area contributed by atoms with Crippen molar-refractivity contribution in [3.8, 4) is 5.75 Å². The number of fused-ring (bicyclic) bond motifs is 1. The zero-order valence-electron chi connectivity index (χ0n) is 17.7. The van der Waals surface area contributed by atoms with E-state index in [1.807, 2.05) is 49.4 Å². The van der Waals surface area contributed by atoms with Gasteiger partial charge in [-0.1, -0.05) is 49.4 Å². The Morgan fingerprint density at radius 3 is 2.44 bits per heavy atom. The molecule has 0 heterocycles. The summed E-state index contributed by atoms with van der Waals surface area (Å²) in [5, 5.41) is 2.10. The van der Waals surface area contributed by atoms with Crippen molar-refractivity contribution in [3.05, 3.63) is 83.9 Å². The Hall–Kier alpha value is -4.13. The number of amides is 2. The minimum Gasteiger partial charge on any atom is -0.484 e. The van der Waals surface area contributed by atoms with Gasteiger partial charge in [0.1, 0.15) is 5.75 Å². The summed E-state index contributed by atoms with van der Waals surface area (Å²) in [5.41, 5.74) is 5.91. The third-order valence-corrected chi connectivity index (χ3v) is 4.46. The van der Waals surface area contributed by atoms with Crippen molar-refractivity contribution in [3.63, 3.8) is 0 Å². The van der Waals surface area contributed by atoms with E-state index in [1.165, 1.54) is 6.08 Å². The maximum Gasteiger partial charge on any atom is 0.338 e. The van der Waals surface area contributed by atoms with Crippen molar-refractivity contribution in [2.75, 3.05) is 13.2 Å². The van der Waals surface area contributed by atoms with Gasteiger partial charge in [-0.3, -0.25) is 20.4 Å². The van der Waals surface area contributed by atoms with Gasteiger partial charge in [-0.15, -0.1) is 0 Å². The molecular formula is C25H24N2O5. The maximum absolute atomic E-state index is 12.0. The Morgan fingerprint density at radius 1 is 0.906 bits per heavy atom. The quantitative estimate of drug-likeness (QED) is 0.322. The van der Waals surface area contributed by atoms with Crippen molar-refractivity contribution >= 4 is 34.6 Å². The molecule has 0 fully saturated rings. The highest BCUT2D eigenvalue weighted by molar-refractivity contribution is 5.97. The number of ether oxygens (including phenoxy) is 2. The average molecular weight is 432 g/mol. The van der Waals surface area contributed by atoms with Crippen LogP contribution in [0.1, 0.15) is 29.3 Å². The Morgan fingerprint density at radius 2 is 1.66 bits per heavy atom. The second kappa shape index (κ2) is 11.3. The van der Waals surface area contributed by atoms with Crippen LogP contribution in [0.5, 0.6) is 5.75 Å². The molecule has 0 saturated heterocycles. The van der Waals surface area contributed by atoms with Gasteiger partial charge in [0.2, 0.25) is 0 Å². The first-order valence-electron chi connectivity index (χ1n) is 10.2. The van der Waals surface area contributed by atoms with Crippen LogP contribution >= 0.6 is 0 Å². The first-order valence-corrected chi connectivity index (χ1v) is 10.2. The van der Waals surface area contributed by atoms with E-state index in [4.69, 9.17) is 9.47 Å². The number of hydrogen-bond acceptors (Lipinski definition) is 5. The predicted molar refractivity (Wildman–Crippen MR) is 122 cm³/mol. The highest BCUT2D eigenvalue weighted by Gasteiger charge is 2.08. The number of carbonyl (C=O) groups excluding carboxylic acids is 3. The van der Waals surface area contributed by atoms with Crippen molar-refractivity contribution in [1.82, 2.24) is 10.9 Å². The molecule has 7 heteroatoms. The molecule has 3 rings (SSSR count). The van der Waals surface area contributed by atoms with E-state index in [9.17, 15) is 14.4 Å². The molecule has 2 N–H and O–H groups in total. The van der Waals surface area contributed by atoms with Crippen molar-refractivity contribution in [2.45, 2.75) is 13.3 Å². The van der Waals surface area contributed by atoms with E-state index in [0.717, 1.165) is 22.8 Å². The summed E-state index contributed by atoms with van der Waals surface area (Å²) in [6.45, 7) is 1.98. The van der Waals surface area contributed by atoms with Gasteiger partial charge >= 0.3 is 5.97 Å². The van der Waals surface area contributed by atoms with Gasteiger partial charge in [0, 0.05) is 6.08 Å². The van der Waals surface area contributed by atoms with E-state index >= 15 is 0 Å². The SMILES string of the molecule is CCCOC(=O)c1ccc(OCC(=O)NNC(=O)C=Cc2cccc3ccccc23)cc1. The van der Waals surface area contributed by atoms with Crippen molar-refractivity contribution in [2.24, 2.45) is 0 Å². The third kappa shape index (κ3) is 6.43. The zero-order chi connectivity index (χ0) is 22.8. The van der Waals surface area contributed by atoms with Crippen LogP contribution in [-0.2, 0) is 14.3 Å². The largest absolute Gasteiger partial charge is 0.484 e. The van der Waals surface area contributed by atoms with Crippen LogP contribution < -0.4 is 15.6 Å². The molecule has 164 valence electrons. The third-order valence-electron chi connectivity index (χ3n) is 4.46. The lowest BCUT2D eigenvalue weighted by atomic mass is 10.0. The molecule has 32 heavy (non-hydrogen) atoms. The van der Waals surface area contributed by atoms with E-state index in [-0.39, 0.29) is 6.61 Å². The van der Waals surface area contributed by atoms with E-state index < -0.39 is 17.8 Å². The van der Waals surface area contributed by atoms with Crippen LogP contribution in [0.15, 0.2) is 72.8 Å². The molecule has 0 aliphatic rings. The molecule has 0 aliphatic carbocycles. The molecule has 0 spiro atoms. The molecule has 0 atom stereocenters. The first-order chi connectivity index (χ1) is 15.6. The van der Waals surface area contributed by atoms with Crippen molar-refractivity contribution < 1.29 is 23.9 Å². The van der Waals surface area contributed by atoms with Crippen LogP contribution in [0.3, 0.4) is 0 Å². The highest BCUT2D eigenvalue weighted by Crippen LogP contribution is 2.19. The normalized spacial score (nSPS) is 10.7. The number of esters is 1. The van der Waals surface area contributed by atoms with Gasteiger partial charge in [0.15, 0.2) is 6.61 Å². The van der Waals surface area contributed by atoms with Gasteiger partial charge in [0.25, 0.3) is 11.8 Å². The summed E-state index contributed by atoms with van der Waals surface area (Å²) < 4.78 is 10.4. The topological polar surface area (TPSA) is 93.7 Å². The summed E-state index contributed by atoms with van der Waals surface area (Å²) in [5.74, 6) is -0.991. The minimum absolute atomic E-state index is 0.299. The van der Waals surface area contributed by atoms with Crippen LogP contribution in [0.25, 0.3) is 16.8 Å². The lowest BCUT2D eigenvalue weighted by Gasteiger charge is -2.08. The molecule has 0 saturated carbocycles. The minimum atomic E-state index is -0.525. The summed E-state index contributed by atoms with van der Waals surface area (Å²) in [7, 11) is 0. The number of hydrazine groups is 1. The molecule has 0 bridgehead atoms. The molecule has 0 aromatic heterocycles. The second-order valence-electron chi connectivity index (χ2n) is 6.89. The van der Waals surface area contributed by atoms with Crippen LogP contribution in [0.2, 0.25) is 0 Å². The van der Waals surface area contributed by atoms with Crippen LogP contribution in [-0.4, -0.2) is 31.0 Å². The number of hydrogen-bond donors (Lipinski definition) is 2. The lowest BCUT2D eigenvalue weighted by Crippen LogP contribution is -2.43. The Kier molecular flexibility index (Phi) is 7.97. The molecule has 7 nitrogen and oxygen atoms in total. The van der Waals surface area contributed by atoms with Gasteiger partial charge < -0.3 is 9.47 Å². The number of carbonyl (C=O) groups is 3. The second-order valence-corrected chi connectivity index (χ2v) is 6.89. The van der Waals surface area contributed by atoms with E-state index in [1.54, 1.807) is 30.3 Å². The van der Waals surface area contributed by atoms with Crippen molar-refractivity contribution in [1.29, 1.82) is 0 Å². The van der Waals surface area contributed by atoms with Gasteiger partial charge in [-0.25, -0.2) is 4.79 Å². The Balaban J connectivity index is 1.44. The molecule has 0 radical (unpaired) electrons.